The Hall–Kier alpha value is -3.31. The molecule has 3 aromatic rings. The number of aromatic nitrogens is 2. The number of hydrogen-bond acceptors (Lipinski definition) is 6. The van der Waals surface area contributed by atoms with Crippen LogP contribution in [-0.2, 0) is 15.8 Å². The summed E-state index contributed by atoms with van der Waals surface area (Å²) in [5.41, 5.74) is 1.63. The van der Waals surface area contributed by atoms with Crippen LogP contribution in [-0.4, -0.2) is 29.4 Å². The summed E-state index contributed by atoms with van der Waals surface area (Å²) >= 11 is 0. The molecule has 0 bridgehead atoms. The van der Waals surface area contributed by atoms with Crippen LogP contribution in [0.25, 0.3) is 10.9 Å². The van der Waals surface area contributed by atoms with E-state index in [1.807, 2.05) is 0 Å². The number of nitrogens with zero attached hydrogens (tertiary/aromatic N) is 2. The van der Waals surface area contributed by atoms with Crippen LogP contribution in [0.1, 0.15) is 21.6 Å². The Morgan fingerprint density at radius 1 is 1.30 bits per heavy atom. The van der Waals surface area contributed by atoms with E-state index in [0.717, 1.165) is 5.56 Å². The Kier molecular flexibility index (Phi) is 4.64. The maximum atomic E-state index is 12.6. The molecular weight excluding hydrogens is 374 g/mol. The first-order valence-electron chi connectivity index (χ1n) is 7.68. The lowest BCUT2D eigenvalue weighted by Gasteiger charge is -2.11. The predicted octanol–water partition coefficient (Wildman–Crippen LogP) is 1.82. The van der Waals surface area contributed by atoms with Crippen molar-refractivity contribution in [3.05, 3.63) is 63.3 Å². The average Bonchev–Trinajstić information content (AvgIpc) is 2.99. The van der Waals surface area contributed by atoms with Crippen molar-refractivity contribution >= 4 is 38.2 Å². The fourth-order valence-electron chi connectivity index (χ4n) is 2.65. The number of aryl methyl sites for hydroxylation is 1. The summed E-state index contributed by atoms with van der Waals surface area (Å²) in [4.78, 5) is 23.0. The number of rotatable bonds is 5. The van der Waals surface area contributed by atoms with Crippen LogP contribution in [0.5, 0.6) is 0 Å². The van der Waals surface area contributed by atoms with Gasteiger partial charge in [0.2, 0.25) is 10.0 Å². The van der Waals surface area contributed by atoms with E-state index in [-0.39, 0.29) is 22.5 Å². The molecule has 0 spiro atoms. The molecule has 0 atom stereocenters. The van der Waals surface area contributed by atoms with Gasteiger partial charge in [0.05, 0.1) is 16.2 Å². The van der Waals surface area contributed by atoms with Gasteiger partial charge in [0.15, 0.2) is 5.69 Å². The van der Waals surface area contributed by atoms with Crippen LogP contribution in [0, 0.1) is 17.0 Å². The van der Waals surface area contributed by atoms with E-state index < -0.39 is 26.6 Å². The van der Waals surface area contributed by atoms with E-state index in [1.165, 1.54) is 18.2 Å². The van der Waals surface area contributed by atoms with Crippen molar-refractivity contribution in [2.24, 2.45) is 5.14 Å². The Morgan fingerprint density at radius 3 is 2.70 bits per heavy atom. The highest BCUT2D eigenvalue weighted by atomic mass is 32.2. The van der Waals surface area contributed by atoms with Gasteiger partial charge in [0, 0.05) is 23.2 Å². The highest BCUT2D eigenvalue weighted by Gasteiger charge is 2.19. The molecule has 0 unspecified atom stereocenters. The van der Waals surface area contributed by atoms with Crippen molar-refractivity contribution in [2.45, 2.75) is 12.7 Å². The molecule has 1 amide bonds. The maximum absolute atomic E-state index is 12.6. The number of sulfonamides is 1. The molecule has 0 aliphatic carbocycles. The first-order valence-corrected chi connectivity index (χ1v) is 9.39. The average molecular weight is 389 g/mol. The number of benzene rings is 2. The molecule has 0 saturated heterocycles. The van der Waals surface area contributed by atoms with Crippen LogP contribution in [0.2, 0.25) is 0 Å². The molecule has 3 rings (SSSR count). The lowest BCUT2D eigenvalue weighted by Crippen LogP contribution is -2.18. The molecule has 0 aliphatic heterocycles. The molecule has 0 saturated carbocycles. The molecule has 10 nitrogen and oxygen atoms in total. The minimum absolute atomic E-state index is 0.0455. The number of primary sulfonamides is 1. The topological polar surface area (TPSA) is 161 Å². The summed E-state index contributed by atoms with van der Waals surface area (Å²) in [6, 6.07) is 8.87. The number of carbonyl (C=O) groups is 1. The second-order valence-corrected chi connectivity index (χ2v) is 7.60. The van der Waals surface area contributed by atoms with Crippen LogP contribution >= 0.6 is 0 Å². The maximum Gasteiger partial charge on any atom is 0.276 e. The van der Waals surface area contributed by atoms with Gasteiger partial charge in [-0.25, -0.2) is 13.6 Å². The van der Waals surface area contributed by atoms with Gasteiger partial charge < -0.3 is 5.32 Å². The molecule has 2 aromatic carbocycles. The van der Waals surface area contributed by atoms with E-state index >= 15 is 0 Å². The molecule has 0 aliphatic rings. The second kappa shape index (κ2) is 6.78. The van der Waals surface area contributed by atoms with Crippen molar-refractivity contribution in [1.82, 2.24) is 10.2 Å². The minimum Gasteiger partial charge on any atom is -0.320 e. The zero-order valence-electron chi connectivity index (χ0n) is 14.1. The predicted molar refractivity (Wildman–Crippen MR) is 98.7 cm³/mol. The lowest BCUT2D eigenvalue weighted by atomic mass is 10.1. The largest absolute Gasteiger partial charge is 0.320 e. The van der Waals surface area contributed by atoms with E-state index in [1.54, 1.807) is 25.1 Å². The number of carbonyl (C=O) groups excluding carboxylic acids is 1. The summed E-state index contributed by atoms with van der Waals surface area (Å²) < 4.78 is 22.9. The van der Waals surface area contributed by atoms with Crippen molar-refractivity contribution in [2.75, 3.05) is 5.32 Å². The Labute approximate surface area is 153 Å². The second-order valence-electron chi connectivity index (χ2n) is 5.98. The minimum atomic E-state index is -3.80. The molecule has 1 aromatic heterocycles. The number of amides is 1. The molecule has 27 heavy (non-hydrogen) atoms. The smallest absolute Gasteiger partial charge is 0.276 e. The molecule has 4 N–H and O–H groups in total. The van der Waals surface area contributed by atoms with Gasteiger partial charge in [0.1, 0.15) is 0 Å². The number of fused-ring (bicyclic) bond motifs is 1. The number of nitrogens with two attached hydrogens (primary N) is 1. The van der Waals surface area contributed by atoms with E-state index in [9.17, 15) is 23.3 Å². The Morgan fingerprint density at radius 2 is 2.04 bits per heavy atom. The molecular formula is C16H15N5O5S. The fraction of sp³-hybridized carbons (Fsp3) is 0.125. The quantitative estimate of drug-likeness (QED) is 0.445. The SMILES string of the molecule is Cc1ccc(NC(=O)c2n[nH]c3ccc([N+](=O)[O-])cc23)c(CS(N)(=O)=O)c1. The van der Waals surface area contributed by atoms with Gasteiger partial charge in [-0.15, -0.1) is 0 Å². The van der Waals surface area contributed by atoms with Crippen molar-refractivity contribution in [3.63, 3.8) is 0 Å². The summed E-state index contributed by atoms with van der Waals surface area (Å²) in [7, 11) is -3.80. The third-order valence-corrected chi connectivity index (χ3v) is 4.55. The van der Waals surface area contributed by atoms with Gasteiger partial charge in [-0.1, -0.05) is 17.7 Å². The van der Waals surface area contributed by atoms with Crippen LogP contribution in [0.4, 0.5) is 11.4 Å². The first-order chi connectivity index (χ1) is 12.6. The third kappa shape index (κ3) is 4.10. The summed E-state index contributed by atoms with van der Waals surface area (Å²) in [6.07, 6.45) is 0. The van der Waals surface area contributed by atoms with Crippen LogP contribution < -0.4 is 10.5 Å². The molecule has 140 valence electrons. The standard InChI is InChI=1S/C16H15N5O5S/c1-9-2-4-13(10(6-9)8-27(17,25)26)18-16(22)15-12-7-11(21(23)24)3-5-14(12)19-20-15/h2-7H,8H2,1H3,(H,18,22)(H,19,20)(H2,17,25,26). The fourth-order valence-corrected chi connectivity index (χ4v) is 3.32. The number of nitro groups is 1. The third-order valence-electron chi connectivity index (χ3n) is 3.84. The van der Waals surface area contributed by atoms with E-state index in [2.05, 4.69) is 15.5 Å². The molecule has 0 fully saturated rings. The first kappa shape index (κ1) is 18.5. The molecule has 11 heteroatoms. The summed E-state index contributed by atoms with van der Waals surface area (Å²) in [5.74, 6) is -1.09. The summed E-state index contributed by atoms with van der Waals surface area (Å²) in [5, 5.41) is 25.5. The number of aromatic amines is 1. The normalized spacial score (nSPS) is 11.5. The van der Waals surface area contributed by atoms with Crippen LogP contribution in [0.3, 0.4) is 0 Å². The van der Waals surface area contributed by atoms with E-state index in [0.29, 0.717) is 11.1 Å². The van der Waals surface area contributed by atoms with Gasteiger partial charge in [-0.05, 0) is 24.6 Å². The zero-order chi connectivity index (χ0) is 19.8. The van der Waals surface area contributed by atoms with Crippen molar-refractivity contribution in [1.29, 1.82) is 0 Å². The monoisotopic (exact) mass is 389 g/mol. The highest BCUT2D eigenvalue weighted by molar-refractivity contribution is 7.88. The van der Waals surface area contributed by atoms with Gasteiger partial charge in [0.25, 0.3) is 11.6 Å². The Balaban J connectivity index is 1.98. The number of nitro benzene ring substituents is 1. The number of nitrogens with one attached hydrogen (secondary N) is 2. The Bertz CT molecular complexity index is 1170. The molecule has 1 heterocycles. The number of H-pyrrole nitrogens is 1. The number of anilines is 1. The number of hydrogen-bond donors (Lipinski definition) is 3. The van der Waals surface area contributed by atoms with Gasteiger partial charge in [-0.3, -0.25) is 20.0 Å². The zero-order valence-corrected chi connectivity index (χ0v) is 14.9. The van der Waals surface area contributed by atoms with Crippen LogP contribution in [0.15, 0.2) is 36.4 Å². The van der Waals surface area contributed by atoms with Gasteiger partial charge >= 0.3 is 0 Å². The highest BCUT2D eigenvalue weighted by Crippen LogP contribution is 2.24. The van der Waals surface area contributed by atoms with Crippen molar-refractivity contribution in [3.8, 4) is 0 Å². The molecule has 0 radical (unpaired) electrons. The van der Waals surface area contributed by atoms with Crippen molar-refractivity contribution < 1.29 is 18.1 Å². The lowest BCUT2D eigenvalue weighted by molar-refractivity contribution is -0.384. The summed E-state index contributed by atoms with van der Waals surface area (Å²) in [6.45, 7) is 1.78. The van der Waals surface area contributed by atoms with Gasteiger partial charge in [-0.2, -0.15) is 5.10 Å². The van der Waals surface area contributed by atoms with E-state index in [4.69, 9.17) is 5.14 Å². The number of non-ortho nitro benzene ring substituents is 1.